The molecule has 0 atom stereocenters. The molecule has 0 saturated heterocycles. The Morgan fingerprint density at radius 2 is 1.85 bits per heavy atom. The third kappa shape index (κ3) is 9.01. The molecule has 2 amide bonds. The number of alkyl carbamates (subject to hydrolysis) is 1. The number of rotatable bonds is 9. The number of pyridine rings is 2. The van der Waals surface area contributed by atoms with Crippen molar-refractivity contribution in [2.75, 3.05) is 6.54 Å². The van der Waals surface area contributed by atoms with E-state index in [1.165, 1.54) is 30.5 Å². The highest BCUT2D eigenvalue weighted by Gasteiger charge is 2.32. The van der Waals surface area contributed by atoms with E-state index in [1.54, 1.807) is 39.0 Å². The molecule has 0 aliphatic rings. The number of benzene rings is 1. The highest BCUT2D eigenvalue weighted by molar-refractivity contribution is 6.30. The van der Waals surface area contributed by atoms with Crippen molar-refractivity contribution in [3.8, 4) is 6.07 Å². The maximum Gasteiger partial charge on any atom is 0.407 e. The number of alkyl halides is 2. The molecule has 0 spiro atoms. The summed E-state index contributed by atoms with van der Waals surface area (Å²) < 4.78 is 34.7. The number of hydrogen-bond acceptors (Lipinski definition) is 7. The molecule has 3 N–H and O–H groups in total. The predicted octanol–water partition coefficient (Wildman–Crippen LogP) is 4.22. The summed E-state index contributed by atoms with van der Waals surface area (Å²) in [5.41, 5.74) is -0.314. The Labute approximate surface area is 240 Å². The van der Waals surface area contributed by atoms with E-state index in [-0.39, 0.29) is 29.8 Å². The van der Waals surface area contributed by atoms with Gasteiger partial charge in [-0.3, -0.25) is 14.8 Å². The molecule has 3 aromatic rings. The smallest absolute Gasteiger partial charge is 0.407 e. The van der Waals surface area contributed by atoms with Crippen LogP contribution in [-0.2, 0) is 35.0 Å². The molecule has 0 aliphatic heterocycles. The number of carbonyl (C=O) groups excluding carboxylic acids is 2. The number of halogens is 3. The van der Waals surface area contributed by atoms with Crippen LogP contribution in [0.4, 0.5) is 13.6 Å². The van der Waals surface area contributed by atoms with Gasteiger partial charge in [-0.15, -0.1) is 0 Å². The topological polar surface area (TPSA) is 142 Å². The van der Waals surface area contributed by atoms with Crippen LogP contribution in [-0.4, -0.2) is 39.1 Å². The second kappa shape index (κ2) is 13.2. The second-order valence-electron chi connectivity index (χ2n) is 9.93. The lowest BCUT2D eigenvalue weighted by Crippen LogP contribution is -2.33. The molecular weight excluding hydrogens is 558 g/mol. The Hall–Kier alpha value is -4.50. The van der Waals surface area contributed by atoms with Crippen LogP contribution in [0.1, 0.15) is 48.8 Å². The maximum atomic E-state index is 14.5. The molecule has 0 bridgehead atoms. The Bertz CT molecular complexity index is 1510. The molecule has 0 fully saturated rings. The average Bonchev–Trinajstić information content (AvgIpc) is 2.91. The van der Waals surface area contributed by atoms with Crippen LogP contribution >= 0.6 is 11.6 Å². The fourth-order valence-corrected chi connectivity index (χ4v) is 3.83. The SMILES string of the molecule is CC(C)(C)OC(=O)NCc1ccc(Cl)cc1CNC(=O)Cc1c(C#N)ccc(=NCC(F)(F)c2ccccn2)n1O. The highest BCUT2D eigenvalue weighted by atomic mass is 35.5. The van der Waals surface area contributed by atoms with Gasteiger partial charge in [0.25, 0.3) is 0 Å². The molecule has 3 rings (SSSR count). The van der Waals surface area contributed by atoms with Gasteiger partial charge < -0.3 is 20.6 Å². The summed E-state index contributed by atoms with van der Waals surface area (Å²) in [6.07, 6.45) is 0.172. The van der Waals surface area contributed by atoms with Crippen LogP contribution in [0.25, 0.3) is 0 Å². The van der Waals surface area contributed by atoms with Gasteiger partial charge in [0.05, 0.1) is 17.7 Å². The van der Waals surface area contributed by atoms with Gasteiger partial charge in [0.15, 0.2) is 5.49 Å². The van der Waals surface area contributed by atoms with Crippen molar-refractivity contribution in [3.63, 3.8) is 0 Å². The van der Waals surface area contributed by atoms with E-state index in [0.717, 1.165) is 6.07 Å². The molecule has 0 radical (unpaired) electrons. The number of nitrogens with one attached hydrogen (secondary N) is 2. The van der Waals surface area contributed by atoms with Crippen LogP contribution in [0.2, 0.25) is 5.02 Å². The molecule has 2 aromatic heterocycles. The van der Waals surface area contributed by atoms with Gasteiger partial charge in [0.1, 0.15) is 23.9 Å². The van der Waals surface area contributed by atoms with Crippen LogP contribution < -0.4 is 16.1 Å². The van der Waals surface area contributed by atoms with E-state index in [2.05, 4.69) is 20.6 Å². The average molecular weight is 587 g/mol. The first-order chi connectivity index (χ1) is 19.3. The van der Waals surface area contributed by atoms with Gasteiger partial charge in [-0.1, -0.05) is 23.7 Å². The van der Waals surface area contributed by atoms with E-state index in [4.69, 9.17) is 16.3 Å². The van der Waals surface area contributed by atoms with E-state index < -0.39 is 42.2 Å². The molecule has 1 aromatic carbocycles. The van der Waals surface area contributed by atoms with Crippen molar-refractivity contribution < 1.29 is 28.3 Å². The van der Waals surface area contributed by atoms with Gasteiger partial charge in [-0.25, -0.2) is 4.79 Å². The molecule has 0 saturated carbocycles. The number of amides is 2. The van der Waals surface area contributed by atoms with Crippen molar-refractivity contribution in [1.29, 1.82) is 5.26 Å². The van der Waals surface area contributed by atoms with Crippen LogP contribution in [0.5, 0.6) is 0 Å². The minimum Gasteiger partial charge on any atom is -0.444 e. The standard InChI is InChI=1S/C28H29ClF2N6O4/c1-27(2,3)41-26(39)35-15-19-7-9-21(29)12-20(19)16-34-25(38)13-22-18(14-32)8-10-24(37(22)40)36-17-28(30,31)23-6-4-5-11-33-23/h4-12,40H,13,15-17H2,1-3H3,(H,34,38)(H,35,39). The summed E-state index contributed by atoms with van der Waals surface area (Å²) >= 11 is 6.13. The molecular formula is C28H29ClF2N6O4. The normalized spacial score (nSPS) is 12.0. The lowest BCUT2D eigenvalue weighted by atomic mass is 10.1. The Morgan fingerprint density at radius 3 is 2.51 bits per heavy atom. The summed E-state index contributed by atoms with van der Waals surface area (Å²) in [7, 11) is 0. The van der Waals surface area contributed by atoms with Crippen molar-refractivity contribution in [3.05, 3.63) is 93.3 Å². The fraction of sp³-hybridized carbons (Fsp3) is 0.321. The summed E-state index contributed by atoms with van der Waals surface area (Å²) in [6.45, 7) is 4.33. The number of ether oxygens (including phenoxy) is 1. The summed E-state index contributed by atoms with van der Waals surface area (Å²) in [6, 6.07) is 13.4. The van der Waals surface area contributed by atoms with Crippen LogP contribution in [0.15, 0.2) is 59.7 Å². The number of carbonyl (C=O) groups is 2. The first kappa shape index (κ1) is 31.0. The second-order valence-corrected chi connectivity index (χ2v) is 10.4. The van der Waals surface area contributed by atoms with Crippen molar-refractivity contribution in [2.45, 2.75) is 51.8 Å². The molecule has 13 heteroatoms. The zero-order chi connectivity index (χ0) is 30.2. The Morgan fingerprint density at radius 1 is 1.12 bits per heavy atom. The van der Waals surface area contributed by atoms with Crippen LogP contribution in [0, 0.1) is 11.3 Å². The van der Waals surface area contributed by atoms with E-state index in [1.807, 2.05) is 6.07 Å². The van der Waals surface area contributed by atoms with Gasteiger partial charge in [-0.05, 0) is 68.3 Å². The first-order valence-electron chi connectivity index (χ1n) is 12.4. The van der Waals surface area contributed by atoms with Crippen LogP contribution in [0.3, 0.4) is 0 Å². The first-order valence-corrected chi connectivity index (χ1v) is 12.8. The van der Waals surface area contributed by atoms with E-state index in [9.17, 15) is 28.8 Å². The lowest BCUT2D eigenvalue weighted by Gasteiger charge is -2.20. The van der Waals surface area contributed by atoms with Gasteiger partial charge in [-0.2, -0.15) is 18.8 Å². The minimum atomic E-state index is -3.41. The van der Waals surface area contributed by atoms with Crippen molar-refractivity contribution in [1.82, 2.24) is 20.3 Å². The Kier molecular flexibility index (Phi) is 10.0. The summed E-state index contributed by atoms with van der Waals surface area (Å²) in [4.78, 5) is 32.3. The molecule has 10 nitrogen and oxygen atoms in total. The highest BCUT2D eigenvalue weighted by Crippen LogP contribution is 2.26. The summed E-state index contributed by atoms with van der Waals surface area (Å²) in [5, 5.41) is 25.9. The van der Waals surface area contributed by atoms with Crippen molar-refractivity contribution >= 4 is 23.6 Å². The predicted molar refractivity (Wildman–Crippen MR) is 145 cm³/mol. The van der Waals surface area contributed by atoms with Crippen molar-refractivity contribution in [2.24, 2.45) is 4.99 Å². The fourth-order valence-electron chi connectivity index (χ4n) is 3.63. The van der Waals surface area contributed by atoms with Gasteiger partial charge >= 0.3 is 12.0 Å². The number of nitriles is 1. The lowest BCUT2D eigenvalue weighted by molar-refractivity contribution is -0.120. The van der Waals surface area contributed by atoms with Gasteiger partial charge in [0, 0.05) is 24.3 Å². The third-order valence-electron chi connectivity index (χ3n) is 5.58. The van der Waals surface area contributed by atoms with E-state index in [0.29, 0.717) is 20.9 Å². The maximum absolute atomic E-state index is 14.5. The number of aromatic nitrogens is 2. The largest absolute Gasteiger partial charge is 0.444 e. The molecule has 2 heterocycles. The zero-order valence-electron chi connectivity index (χ0n) is 22.6. The monoisotopic (exact) mass is 586 g/mol. The van der Waals surface area contributed by atoms with Gasteiger partial charge in [0.2, 0.25) is 5.91 Å². The molecule has 0 aliphatic carbocycles. The molecule has 0 unspecified atom stereocenters. The Balaban J connectivity index is 1.73. The minimum absolute atomic E-state index is 0.0123. The number of nitrogens with zero attached hydrogens (tertiary/aromatic N) is 4. The number of hydrogen-bond donors (Lipinski definition) is 3. The molecule has 41 heavy (non-hydrogen) atoms. The third-order valence-corrected chi connectivity index (χ3v) is 5.81. The quantitative estimate of drug-likeness (QED) is 0.321. The summed E-state index contributed by atoms with van der Waals surface area (Å²) in [5.74, 6) is -3.99. The zero-order valence-corrected chi connectivity index (χ0v) is 23.4. The van der Waals surface area contributed by atoms with E-state index >= 15 is 0 Å². The molecule has 216 valence electrons.